The standard InChI is InChI=1S/C90H56N4O2S/c1-3-19-57(20-4-1)60-24-16-28-67(52-60)93(66-42-39-58(40-43-66)81-55-63-23-7-8-32-73(63)75-33-11-12-34-76(75)81)69-44-46-74-64(54-69)41-49-82-87(74)95-90(92-82)65-27-15-25-61(51-65)71-30-9-10-31-72(71)62-26-17-29-68(53-62)94(70-45-47-79-78-35-13-14-38-85(78)97-86(79)56-70)84-37-18-36-80-77(84)48-50-83-88(80)96-89(91-83)59-21-5-2-6-22-59/h1-56H. The summed E-state index contributed by atoms with van der Waals surface area (Å²) in [5.74, 6) is 1.16. The molecule has 0 unspecified atom stereocenters. The molecule has 0 amide bonds. The Morgan fingerprint density at radius 3 is 1.53 bits per heavy atom. The highest BCUT2D eigenvalue weighted by atomic mass is 32.1. The summed E-state index contributed by atoms with van der Waals surface area (Å²) in [6, 6.07) is 122. The van der Waals surface area contributed by atoms with Gasteiger partial charge in [-0.1, -0.05) is 212 Å². The van der Waals surface area contributed by atoms with E-state index in [-0.39, 0.29) is 0 Å². The number of aromatic nitrogens is 2. The van der Waals surface area contributed by atoms with Crippen molar-refractivity contribution in [1.82, 2.24) is 9.97 Å². The minimum Gasteiger partial charge on any atom is -0.435 e. The maximum atomic E-state index is 6.93. The largest absolute Gasteiger partial charge is 0.435 e. The van der Waals surface area contributed by atoms with E-state index in [0.29, 0.717) is 11.8 Å². The van der Waals surface area contributed by atoms with E-state index in [4.69, 9.17) is 18.8 Å². The van der Waals surface area contributed by atoms with Gasteiger partial charge in [-0.05, 0) is 199 Å². The van der Waals surface area contributed by atoms with E-state index in [1.807, 2.05) is 41.7 Å². The fourth-order valence-corrected chi connectivity index (χ4v) is 15.6. The molecule has 6 nitrogen and oxygen atoms in total. The molecule has 0 aliphatic heterocycles. The van der Waals surface area contributed by atoms with Gasteiger partial charge in [0.25, 0.3) is 0 Å². The molecular formula is C90H56N4O2S. The first kappa shape index (κ1) is 55.9. The predicted molar refractivity (Wildman–Crippen MR) is 406 cm³/mol. The summed E-state index contributed by atoms with van der Waals surface area (Å²) < 4.78 is 16.1. The lowest BCUT2D eigenvalue weighted by Gasteiger charge is -2.27. The van der Waals surface area contributed by atoms with E-state index >= 15 is 0 Å². The van der Waals surface area contributed by atoms with Crippen molar-refractivity contribution < 1.29 is 8.83 Å². The molecule has 3 aromatic heterocycles. The summed E-state index contributed by atoms with van der Waals surface area (Å²) in [5.41, 5.74) is 20.2. The zero-order valence-electron chi connectivity index (χ0n) is 52.3. The van der Waals surface area contributed by atoms with Crippen molar-refractivity contribution in [2.45, 2.75) is 0 Å². The topological polar surface area (TPSA) is 58.5 Å². The lowest BCUT2D eigenvalue weighted by molar-refractivity contribution is 0.622. The average Bonchev–Trinajstić information content (AvgIpc) is 1.72. The van der Waals surface area contributed by atoms with Crippen LogP contribution in [-0.2, 0) is 0 Å². The lowest BCUT2D eigenvalue weighted by atomic mass is 9.93. The van der Waals surface area contributed by atoms with Crippen LogP contribution in [0.2, 0.25) is 0 Å². The third-order valence-corrected chi connectivity index (χ3v) is 20.2. The molecule has 0 atom stereocenters. The van der Waals surface area contributed by atoms with Crippen molar-refractivity contribution in [3.8, 4) is 67.4 Å². The van der Waals surface area contributed by atoms with E-state index in [1.165, 1.54) is 47.3 Å². The van der Waals surface area contributed by atoms with E-state index in [1.54, 1.807) is 0 Å². The van der Waals surface area contributed by atoms with Crippen LogP contribution in [0.15, 0.2) is 349 Å². The number of rotatable bonds is 12. The third-order valence-electron chi connectivity index (χ3n) is 19.1. The highest BCUT2D eigenvalue weighted by Gasteiger charge is 2.23. The Morgan fingerprint density at radius 2 is 0.742 bits per heavy atom. The molecule has 97 heavy (non-hydrogen) atoms. The molecule has 454 valence electrons. The summed E-state index contributed by atoms with van der Waals surface area (Å²) in [6.07, 6.45) is 0. The molecule has 3 heterocycles. The summed E-state index contributed by atoms with van der Waals surface area (Å²) in [7, 11) is 0. The number of thiophene rings is 1. The second-order valence-electron chi connectivity index (χ2n) is 24.8. The number of anilines is 6. The Bertz CT molecular complexity index is 6290. The van der Waals surface area contributed by atoms with Crippen LogP contribution in [-0.4, -0.2) is 9.97 Å². The summed E-state index contributed by atoms with van der Waals surface area (Å²) in [6.45, 7) is 0. The first-order valence-corrected chi connectivity index (χ1v) is 33.6. The molecule has 7 heteroatoms. The van der Waals surface area contributed by atoms with Crippen molar-refractivity contribution in [3.05, 3.63) is 340 Å². The SMILES string of the molecule is c1ccc(-c2cccc(N(c3ccc(-c4cc5ccccc5c5ccccc45)cc3)c3ccc4c(ccc5nc(-c6cccc(-c7ccccc7-c7cccc(N(c8ccc9c(c8)sc8ccccc89)c8cccc9c8ccc8nc(-c%10ccccc%10)oc89)c7)c6)oc54)c3)c2)cc1. The Balaban J connectivity index is 0.675. The van der Waals surface area contributed by atoms with Gasteiger partial charge in [-0.2, -0.15) is 0 Å². The smallest absolute Gasteiger partial charge is 0.227 e. The van der Waals surface area contributed by atoms with Gasteiger partial charge in [-0.3, -0.25) is 0 Å². The molecule has 0 aliphatic carbocycles. The van der Waals surface area contributed by atoms with Gasteiger partial charge in [-0.15, -0.1) is 11.3 Å². The van der Waals surface area contributed by atoms with Crippen LogP contribution in [0, 0.1) is 0 Å². The van der Waals surface area contributed by atoms with Gasteiger partial charge in [0.15, 0.2) is 11.2 Å². The minimum atomic E-state index is 0.562. The maximum Gasteiger partial charge on any atom is 0.227 e. The molecule has 16 aromatic carbocycles. The summed E-state index contributed by atoms with van der Waals surface area (Å²) in [4.78, 5) is 14.9. The Morgan fingerprint density at radius 1 is 0.237 bits per heavy atom. The number of nitrogens with zero attached hydrogens (tertiary/aromatic N) is 4. The number of benzene rings is 16. The molecular weight excluding hydrogens is 1200 g/mol. The van der Waals surface area contributed by atoms with Gasteiger partial charge in [0.1, 0.15) is 11.0 Å². The third kappa shape index (κ3) is 9.78. The molecule has 19 rings (SSSR count). The first-order valence-electron chi connectivity index (χ1n) is 32.7. The fraction of sp³-hybridized carbons (Fsp3) is 0. The van der Waals surface area contributed by atoms with Crippen molar-refractivity contribution >= 4 is 131 Å². The zero-order valence-corrected chi connectivity index (χ0v) is 53.2. The average molecular weight is 1260 g/mol. The van der Waals surface area contributed by atoms with Crippen molar-refractivity contribution in [2.75, 3.05) is 9.80 Å². The van der Waals surface area contributed by atoms with Crippen LogP contribution in [0.5, 0.6) is 0 Å². The molecule has 0 N–H and O–H groups in total. The van der Waals surface area contributed by atoms with Crippen molar-refractivity contribution in [1.29, 1.82) is 0 Å². The maximum absolute atomic E-state index is 6.93. The van der Waals surface area contributed by atoms with E-state index in [0.717, 1.165) is 128 Å². The highest BCUT2D eigenvalue weighted by molar-refractivity contribution is 7.25. The number of hydrogen-bond acceptors (Lipinski definition) is 7. The normalized spacial score (nSPS) is 11.7. The van der Waals surface area contributed by atoms with Gasteiger partial charge in [0.2, 0.25) is 11.8 Å². The van der Waals surface area contributed by atoms with Crippen molar-refractivity contribution in [2.24, 2.45) is 0 Å². The number of oxazole rings is 2. The van der Waals surface area contributed by atoms with Crippen LogP contribution >= 0.6 is 11.3 Å². The van der Waals surface area contributed by atoms with Gasteiger partial charge < -0.3 is 18.6 Å². The van der Waals surface area contributed by atoms with Crippen LogP contribution < -0.4 is 9.80 Å². The van der Waals surface area contributed by atoms with E-state index < -0.39 is 0 Å². The number of fused-ring (bicyclic) bond motifs is 12. The van der Waals surface area contributed by atoms with Crippen LogP contribution in [0.4, 0.5) is 34.1 Å². The monoisotopic (exact) mass is 1260 g/mol. The van der Waals surface area contributed by atoms with Gasteiger partial charge in [-0.25, -0.2) is 9.97 Å². The highest BCUT2D eigenvalue weighted by Crippen LogP contribution is 2.47. The molecule has 0 radical (unpaired) electrons. The van der Waals surface area contributed by atoms with Gasteiger partial charge in [0.05, 0.1) is 5.69 Å². The second kappa shape index (κ2) is 23.1. The van der Waals surface area contributed by atoms with Gasteiger partial charge >= 0.3 is 0 Å². The van der Waals surface area contributed by atoms with Crippen molar-refractivity contribution in [3.63, 3.8) is 0 Å². The Kier molecular flexibility index (Phi) is 13.3. The molecule has 0 saturated heterocycles. The Hall–Kier alpha value is -12.7. The zero-order chi connectivity index (χ0) is 63.9. The quantitative estimate of drug-likeness (QED) is 0.114. The summed E-state index contributed by atoms with van der Waals surface area (Å²) >= 11 is 1.83. The summed E-state index contributed by atoms with van der Waals surface area (Å²) in [5, 5.41) is 11.6. The molecule has 0 spiro atoms. The molecule has 0 bridgehead atoms. The fourth-order valence-electron chi connectivity index (χ4n) is 14.5. The molecule has 0 aliphatic rings. The Labute approximate surface area is 563 Å². The molecule has 0 saturated carbocycles. The molecule has 0 fully saturated rings. The lowest BCUT2D eigenvalue weighted by Crippen LogP contribution is -2.10. The van der Waals surface area contributed by atoms with Crippen LogP contribution in [0.25, 0.3) is 153 Å². The van der Waals surface area contributed by atoms with E-state index in [9.17, 15) is 0 Å². The molecule has 19 aromatic rings. The number of hydrogen-bond donors (Lipinski definition) is 0. The second-order valence-corrected chi connectivity index (χ2v) is 25.9. The van der Waals surface area contributed by atoms with Crippen LogP contribution in [0.1, 0.15) is 0 Å². The first-order chi connectivity index (χ1) is 48.0. The van der Waals surface area contributed by atoms with Crippen LogP contribution in [0.3, 0.4) is 0 Å². The predicted octanol–water partition coefficient (Wildman–Crippen LogP) is 25.9. The van der Waals surface area contributed by atoms with E-state index in [2.05, 4.69) is 319 Å². The minimum absolute atomic E-state index is 0.562. The van der Waals surface area contributed by atoms with Gasteiger partial charge in [0, 0.05) is 75.9 Å².